The number of benzene rings is 1. The van der Waals surface area contributed by atoms with E-state index in [0.29, 0.717) is 13.0 Å². The highest BCUT2D eigenvalue weighted by Gasteiger charge is 2.30. The molecule has 0 radical (unpaired) electrons. The second-order valence-corrected chi connectivity index (χ2v) is 5.60. The van der Waals surface area contributed by atoms with Crippen LogP contribution in [0.5, 0.6) is 0 Å². The van der Waals surface area contributed by atoms with Crippen LogP contribution in [0.3, 0.4) is 0 Å². The molecule has 0 bridgehead atoms. The van der Waals surface area contributed by atoms with Crippen LogP contribution in [0.2, 0.25) is 0 Å². The fraction of sp³-hybridized carbons (Fsp3) is 0.571. The molecule has 0 saturated heterocycles. The average molecular weight is 318 g/mol. The van der Waals surface area contributed by atoms with Gasteiger partial charge in [-0.3, -0.25) is 0 Å². The van der Waals surface area contributed by atoms with Gasteiger partial charge in [0.2, 0.25) is 0 Å². The normalized spacial score (nSPS) is 16.3. The zero-order valence-corrected chi connectivity index (χ0v) is 12.8. The largest absolute Gasteiger partial charge is 0.374 e. The Balaban J connectivity index is 2.82. The van der Waals surface area contributed by atoms with Gasteiger partial charge in [-0.25, -0.2) is 4.39 Å². The van der Waals surface area contributed by atoms with E-state index in [2.05, 4.69) is 22.9 Å². The third-order valence-electron chi connectivity index (χ3n) is 3.34. The van der Waals surface area contributed by atoms with Crippen LogP contribution >= 0.6 is 15.9 Å². The Kier molecular flexibility index (Phi) is 5.76. The van der Waals surface area contributed by atoms with E-state index >= 15 is 0 Å². The van der Waals surface area contributed by atoms with E-state index in [1.54, 1.807) is 0 Å². The summed E-state index contributed by atoms with van der Waals surface area (Å²) in [6.07, 6.45) is 1.43. The summed E-state index contributed by atoms with van der Waals surface area (Å²) < 4.78 is 19.8. The van der Waals surface area contributed by atoms with Gasteiger partial charge in [-0.05, 0) is 50.5 Å². The number of hydrogen-bond donors (Lipinski definition) is 1. The van der Waals surface area contributed by atoms with E-state index in [9.17, 15) is 4.39 Å². The summed E-state index contributed by atoms with van der Waals surface area (Å²) in [5.74, 6) is -0.249. The Morgan fingerprint density at radius 1 is 1.39 bits per heavy atom. The molecule has 0 amide bonds. The molecule has 0 aliphatic carbocycles. The number of hydrogen-bond acceptors (Lipinski definition) is 2. The molecule has 2 N–H and O–H groups in total. The number of ether oxygens (including phenoxy) is 1. The van der Waals surface area contributed by atoms with Crippen molar-refractivity contribution in [3.63, 3.8) is 0 Å². The predicted molar refractivity (Wildman–Crippen MR) is 76.1 cm³/mol. The SMILES string of the molecule is CCOC(C)(CC)C(N)Cc1cc(F)cc(Br)c1. The van der Waals surface area contributed by atoms with E-state index in [1.807, 2.05) is 19.9 Å². The molecular formula is C14H21BrFNO. The van der Waals surface area contributed by atoms with Crippen molar-refractivity contribution in [1.82, 2.24) is 0 Å². The van der Waals surface area contributed by atoms with Crippen molar-refractivity contribution in [2.45, 2.75) is 45.3 Å². The third kappa shape index (κ3) is 4.04. The lowest BCUT2D eigenvalue weighted by molar-refractivity contribution is -0.0461. The van der Waals surface area contributed by atoms with E-state index in [0.717, 1.165) is 16.5 Å². The lowest BCUT2D eigenvalue weighted by atomic mass is 9.89. The maximum Gasteiger partial charge on any atom is 0.124 e. The van der Waals surface area contributed by atoms with Crippen molar-refractivity contribution in [2.75, 3.05) is 6.61 Å². The summed E-state index contributed by atoms with van der Waals surface area (Å²) in [5.41, 5.74) is 6.73. The molecule has 0 heterocycles. The van der Waals surface area contributed by atoms with E-state index in [-0.39, 0.29) is 17.5 Å². The standard InChI is InChI=1S/C14H21BrFNO/c1-4-14(3,18-5-2)13(17)8-10-6-11(15)9-12(16)7-10/h6-7,9,13H,4-5,8,17H2,1-3H3. The summed E-state index contributed by atoms with van der Waals surface area (Å²) in [6, 6.07) is 4.70. The first kappa shape index (κ1) is 15.6. The predicted octanol–water partition coefficient (Wildman–Crippen LogP) is 3.66. The maximum absolute atomic E-state index is 13.3. The molecule has 2 nitrogen and oxygen atoms in total. The summed E-state index contributed by atoms with van der Waals surface area (Å²) in [5, 5.41) is 0. The monoisotopic (exact) mass is 317 g/mol. The van der Waals surface area contributed by atoms with Gasteiger partial charge < -0.3 is 10.5 Å². The maximum atomic E-state index is 13.3. The van der Waals surface area contributed by atoms with Crippen molar-refractivity contribution in [3.8, 4) is 0 Å². The molecule has 2 unspecified atom stereocenters. The van der Waals surface area contributed by atoms with Crippen molar-refractivity contribution in [2.24, 2.45) is 5.73 Å². The number of halogens is 2. The van der Waals surface area contributed by atoms with Crippen LogP contribution in [-0.4, -0.2) is 18.2 Å². The number of nitrogens with two attached hydrogens (primary N) is 1. The molecule has 4 heteroatoms. The van der Waals surface area contributed by atoms with Crippen LogP contribution in [0.25, 0.3) is 0 Å². The van der Waals surface area contributed by atoms with Crippen molar-refractivity contribution >= 4 is 15.9 Å². The van der Waals surface area contributed by atoms with Gasteiger partial charge in [-0.15, -0.1) is 0 Å². The Morgan fingerprint density at radius 3 is 2.56 bits per heavy atom. The minimum atomic E-state index is -0.368. The van der Waals surface area contributed by atoms with Crippen LogP contribution in [0.15, 0.2) is 22.7 Å². The van der Waals surface area contributed by atoms with Gasteiger partial charge in [0.25, 0.3) is 0 Å². The Hall–Kier alpha value is -0.450. The zero-order chi connectivity index (χ0) is 13.8. The minimum Gasteiger partial charge on any atom is -0.374 e. The van der Waals surface area contributed by atoms with E-state index in [4.69, 9.17) is 10.5 Å². The van der Waals surface area contributed by atoms with Crippen molar-refractivity contribution in [1.29, 1.82) is 0 Å². The minimum absolute atomic E-state index is 0.156. The molecule has 0 fully saturated rings. The van der Waals surface area contributed by atoms with E-state index in [1.165, 1.54) is 12.1 Å². The second-order valence-electron chi connectivity index (χ2n) is 4.69. The molecule has 0 saturated carbocycles. The Morgan fingerprint density at radius 2 is 2.06 bits per heavy atom. The van der Waals surface area contributed by atoms with Crippen LogP contribution in [0.1, 0.15) is 32.8 Å². The second kappa shape index (κ2) is 6.64. The molecule has 2 atom stereocenters. The molecule has 0 aliphatic rings. The van der Waals surface area contributed by atoms with Crippen LogP contribution in [-0.2, 0) is 11.2 Å². The lowest BCUT2D eigenvalue weighted by Crippen LogP contribution is -2.48. The van der Waals surface area contributed by atoms with Gasteiger partial charge in [0.1, 0.15) is 5.82 Å². The first-order chi connectivity index (χ1) is 8.41. The van der Waals surface area contributed by atoms with E-state index < -0.39 is 0 Å². The summed E-state index contributed by atoms with van der Waals surface area (Å²) in [4.78, 5) is 0. The molecule has 1 aromatic rings. The highest BCUT2D eigenvalue weighted by atomic mass is 79.9. The van der Waals surface area contributed by atoms with Gasteiger partial charge in [-0.2, -0.15) is 0 Å². The first-order valence-corrected chi connectivity index (χ1v) is 7.05. The summed E-state index contributed by atoms with van der Waals surface area (Å²) in [6.45, 7) is 6.65. The molecule has 0 aromatic heterocycles. The number of rotatable bonds is 6. The quantitative estimate of drug-likeness (QED) is 0.869. The third-order valence-corrected chi connectivity index (χ3v) is 3.80. The molecule has 102 valence electrons. The molecule has 0 spiro atoms. The van der Waals surface area contributed by atoms with Gasteiger partial charge in [0, 0.05) is 17.1 Å². The van der Waals surface area contributed by atoms with Crippen LogP contribution in [0.4, 0.5) is 4.39 Å². The zero-order valence-electron chi connectivity index (χ0n) is 11.2. The molecule has 0 aliphatic heterocycles. The smallest absolute Gasteiger partial charge is 0.124 e. The topological polar surface area (TPSA) is 35.2 Å². The van der Waals surface area contributed by atoms with Crippen LogP contribution < -0.4 is 5.73 Å². The van der Waals surface area contributed by atoms with Gasteiger partial charge in [-0.1, -0.05) is 22.9 Å². The average Bonchev–Trinajstić information content (AvgIpc) is 2.27. The van der Waals surface area contributed by atoms with Gasteiger partial charge in [0.15, 0.2) is 0 Å². The van der Waals surface area contributed by atoms with Crippen molar-refractivity contribution in [3.05, 3.63) is 34.1 Å². The van der Waals surface area contributed by atoms with Gasteiger partial charge >= 0.3 is 0 Å². The highest BCUT2D eigenvalue weighted by Crippen LogP contribution is 2.23. The Bertz CT molecular complexity index is 379. The van der Waals surface area contributed by atoms with Crippen molar-refractivity contribution < 1.29 is 9.13 Å². The highest BCUT2D eigenvalue weighted by molar-refractivity contribution is 9.10. The molecular weight excluding hydrogens is 297 g/mol. The lowest BCUT2D eigenvalue weighted by Gasteiger charge is -2.34. The molecule has 18 heavy (non-hydrogen) atoms. The molecule has 1 aromatic carbocycles. The fourth-order valence-corrected chi connectivity index (χ4v) is 2.51. The fourth-order valence-electron chi connectivity index (χ4n) is 2.00. The molecule has 1 rings (SSSR count). The van der Waals surface area contributed by atoms with Crippen LogP contribution in [0, 0.1) is 5.82 Å². The first-order valence-electron chi connectivity index (χ1n) is 6.25. The van der Waals surface area contributed by atoms with Gasteiger partial charge in [0.05, 0.1) is 5.60 Å². The summed E-state index contributed by atoms with van der Waals surface area (Å²) in [7, 11) is 0. The summed E-state index contributed by atoms with van der Waals surface area (Å²) >= 11 is 3.29. The Labute approximate surface area is 117 Å².